The summed E-state index contributed by atoms with van der Waals surface area (Å²) in [6.45, 7) is 1.54. The maximum Gasteiger partial charge on any atom is 0.133 e. The standard InChI is InChI=1S/C14H17F2NO/c15-12-8-13(16)11(7-9-3-1-5-17-9)14-10(12)4-2-6-18-14/h8-9,17H,1-7H2. The van der Waals surface area contributed by atoms with Crippen LogP contribution in [0.2, 0.25) is 0 Å². The summed E-state index contributed by atoms with van der Waals surface area (Å²) in [5, 5.41) is 3.34. The summed E-state index contributed by atoms with van der Waals surface area (Å²) in [6, 6.07) is 1.30. The number of halogens is 2. The van der Waals surface area contributed by atoms with Gasteiger partial charge in [-0.15, -0.1) is 0 Å². The van der Waals surface area contributed by atoms with E-state index in [-0.39, 0.29) is 0 Å². The van der Waals surface area contributed by atoms with Gasteiger partial charge in [0.1, 0.15) is 17.4 Å². The summed E-state index contributed by atoms with van der Waals surface area (Å²) in [6.07, 6.45) is 4.21. The second kappa shape index (κ2) is 4.84. The van der Waals surface area contributed by atoms with Crippen molar-refractivity contribution in [3.05, 3.63) is 28.8 Å². The minimum Gasteiger partial charge on any atom is -0.493 e. The van der Waals surface area contributed by atoms with Gasteiger partial charge in [-0.2, -0.15) is 0 Å². The van der Waals surface area contributed by atoms with Gasteiger partial charge in [-0.3, -0.25) is 0 Å². The molecule has 2 aliphatic heterocycles. The number of benzene rings is 1. The number of rotatable bonds is 2. The predicted molar refractivity (Wildman–Crippen MR) is 64.9 cm³/mol. The molecule has 0 saturated carbocycles. The first-order valence-electron chi connectivity index (χ1n) is 6.61. The van der Waals surface area contributed by atoms with Gasteiger partial charge < -0.3 is 10.1 Å². The van der Waals surface area contributed by atoms with E-state index in [1.807, 2.05) is 0 Å². The summed E-state index contributed by atoms with van der Waals surface area (Å²) < 4.78 is 33.2. The van der Waals surface area contributed by atoms with Gasteiger partial charge in [-0.25, -0.2) is 8.78 Å². The molecule has 0 amide bonds. The van der Waals surface area contributed by atoms with Crippen LogP contribution in [-0.2, 0) is 12.8 Å². The van der Waals surface area contributed by atoms with Crippen LogP contribution < -0.4 is 10.1 Å². The average Bonchev–Trinajstić information content (AvgIpc) is 2.87. The highest BCUT2D eigenvalue weighted by molar-refractivity contribution is 5.45. The minimum absolute atomic E-state index is 0.291. The highest BCUT2D eigenvalue weighted by Gasteiger charge is 2.25. The van der Waals surface area contributed by atoms with Crippen molar-refractivity contribution in [2.45, 2.75) is 38.1 Å². The Kier molecular flexibility index (Phi) is 3.20. The van der Waals surface area contributed by atoms with E-state index in [1.165, 1.54) is 0 Å². The van der Waals surface area contributed by atoms with Gasteiger partial charge in [0, 0.05) is 23.2 Å². The lowest BCUT2D eigenvalue weighted by Gasteiger charge is -2.23. The van der Waals surface area contributed by atoms with Crippen LogP contribution in [0.3, 0.4) is 0 Å². The topological polar surface area (TPSA) is 21.3 Å². The zero-order valence-corrected chi connectivity index (χ0v) is 10.3. The monoisotopic (exact) mass is 253 g/mol. The Hall–Kier alpha value is -1.16. The lowest BCUT2D eigenvalue weighted by molar-refractivity contribution is 0.277. The van der Waals surface area contributed by atoms with Gasteiger partial charge in [-0.05, 0) is 38.6 Å². The van der Waals surface area contributed by atoms with Crippen molar-refractivity contribution in [3.63, 3.8) is 0 Å². The third kappa shape index (κ3) is 2.09. The van der Waals surface area contributed by atoms with E-state index < -0.39 is 11.6 Å². The van der Waals surface area contributed by atoms with Crippen molar-refractivity contribution >= 4 is 0 Å². The minimum atomic E-state index is -0.471. The summed E-state index contributed by atoms with van der Waals surface area (Å²) >= 11 is 0. The maximum atomic E-state index is 13.9. The van der Waals surface area contributed by atoms with Crippen LogP contribution in [-0.4, -0.2) is 19.2 Å². The first kappa shape index (κ1) is 11.9. The molecule has 1 aromatic carbocycles. The molecule has 2 aliphatic rings. The van der Waals surface area contributed by atoms with Crippen molar-refractivity contribution in [1.82, 2.24) is 5.32 Å². The van der Waals surface area contributed by atoms with E-state index in [0.29, 0.717) is 42.4 Å². The molecular weight excluding hydrogens is 236 g/mol. The van der Waals surface area contributed by atoms with Crippen LogP contribution in [0.5, 0.6) is 5.75 Å². The second-order valence-corrected chi connectivity index (χ2v) is 5.08. The van der Waals surface area contributed by atoms with E-state index in [1.54, 1.807) is 0 Å². The largest absolute Gasteiger partial charge is 0.493 e. The smallest absolute Gasteiger partial charge is 0.133 e. The number of ether oxygens (including phenoxy) is 1. The van der Waals surface area contributed by atoms with Crippen LogP contribution in [0, 0.1) is 11.6 Å². The van der Waals surface area contributed by atoms with Crippen LogP contribution in [0.15, 0.2) is 6.07 Å². The number of hydrogen-bond donors (Lipinski definition) is 1. The van der Waals surface area contributed by atoms with Gasteiger partial charge >= 0.3 is 0 Å². The van der Waals surface area contributed by atoms with Crippen molar-refractivity contribution in [2.75, 3.05) is 13.2 Å². The molecule has 18 heavy (non-hydrogen) atoms. The molecule has 1 saturated heterocycles. The summed E-state index contributed by atoms with van der Waals surface area (Å²) in [4.78, 5) is 0. The Labute approximate surface area is 105 Å². The molecule has 1 N–H and O–H groups in total. The average molecular weight is 253 g/mol. The fraction of sp³-hybridized carbons (Fsp3) is 0.571. The molecule has 1 aromatic rings. The van der Waals surface area contributed by atoms with Gasteiger partial charge in [-0.1, -0.05) is 0 Å². The first-order chi connectivity index (χ1) is 8.75. The fourth-order valence-electron chi connectivity index (χ4n) is 2.88. The molecule has 2 nitrogen and oxygen atoms in total. The molecule has 1 fully saturated rings. The van der Waals surface area contributed by atoms with E-state index >= 15 is 0 Å². The van der Waals surface area contributed by atoms with Gasteiger partial charge in [0.2, 0.25) is 0 Å². The maximum absolute atomic E-state index is 13.9. The third-order valence-electron chi connectivity index (χ3n) is 3.81. The zero-order chi connectivity index (χ0) is 12.5. The van der Waals surface area contributed by atoms with E-state index in [2.05, 4.69) is 5.32 Å². The third-order valence-corrected chi connectivity index (χ3v) is 3.81. The van der Waals surface area contributed by atoms with E-state index in [4.69, 9.17) is 4.74 Å². The Morgan fingerprint density at radius 2 is 2.17 bits per heavy atom. The molecule has 0 spiro atoms. The predicted octanol–water partition coefficient (Wildman–Crippen LogP) is 2.58. The Morgan fingerprint density at radius 3 is 2.94 bits per heavy atom. The second-order valence-electron chi connectivity index (χ2n) is 5.08. The SMILES string of the molecule is Fc1cc(F)c(CC2CCCN2)c2c1CCCO2. The quantitative estimate of drug-likeness (QED) is 0.874. The van der Waals surface area contributed by atoms with Crippen molar-refractivity contribution in [2.24, 2.45) is 0 Å². The number of hydrogen-bond acceptors (Lipinski definition) is 2. The zero-order valence-electron chi connectivity index (χ0n) is 10.3. The molecule has 3 rings (SSSR count). The van der Waals surface area contributed by atoms with Gasteiger partial charge in [0.05, 0.1) is 6.61 Å². The summed E-state index contributed by atoms with van der Waals surface area (Å²) in [7, 11) is 0. The number of fused-ring (bicyclic) bond motifs is 1. The van der Waals surface area contributed by atoms with E-state index in [0.717, 1.165) is 31.9 Å². The highest BCUT2D eigenvalue weighted by Crippen LogP contribution is 2.34. The molecule has 1 atom stereocenters. The lowest BCUT2D eigenvalue weighted by atomic mass is 9.96. The molecule has 0 aromatic heterocycles. The van der Waals surface area contributed by atoms with Gasteiger partial charge in [0.15, 0.2) is 0 Å². The van der Waals surface area contributed by atoms with Gasteiger partial charge in [0.25, 0.3) is 0 Å². The fourth-order valence-corrected chi connectivity index (χ4v) is 2.88. The van der Waals surface area contributed by atoms with Crippen LogP contribution in [0.4, 0.5) is 8.78 Å². The molecule has 0 aliphatic carbocycles. The lowest BCUT2D eigenvalue weighted by Crippen LogP contribution is -2.25. The van der Waals surface area contributed by atoms with Crippen molar-refractivity contribution in [1.29, 1.82) is 0 Å². The Balaban J connectivity index is 1.96. The molecule has 1 unspecified atom stereocenters. The normalized spacial score (nSPS) is 22.7. The van der Waals surface area contributed by atoms with Crippen molar-refractivity contribution < 1.29 is 13.5 Å². The molecule has 0 radical (unpaired) electrons. The van der Waals surface area contributed by atoms with Crippen molar-refractivity contribution in [3.8, 4) is 5.75 Å². The summed E-state index contributed by atoms with van der Waals surface area (Å²) in [5.74, 6) is -0.473. The Morgan fingerprint density at radius 1 is 1.28 bits per heavy atom. The molecule has 4 heteroatoms. The molecule has 2 heterocycles. The summed E-state index contributed by atoms with van der Waals surface area (Å²) in [5.41, 5.74) is 1.10. The van der Waals surface area contributed by atoms with Crippen LogP contribution in [0.1, 0.15) is 30.4 Å². The highest BCUT2D eigenvalue weighted by atomic mass is 19.1. The van der Waals surface area contributed by atoms with E-state index in [9.17, 15) is 8.78 Å². The first-order valence-corrected chi connectivity index (χ1v) is 6.61. The molecular formula is C14H17F2NO. The number of nitrogens with one attached hydrogen (secondary N) is 1. The van der Waals surface area contributed by atoms with Crippen LogP contribution >= 0.6 is 0 Å². The molecule has 0 bridgehead atoms. The van der Waals surface area contributed by atoms with Crippen LogP contribution in [0.25, 0.3) is 0 Å². The Bertz CT molecular complexity index is 456. The molecule has 98 valence electrons.